The third-order valence-corrected chi connectivity index (χ3v) is 3.50. The van der Waals surface area contributed by atoms with Crippen LogP contribution >= 0.6 is 11.6 Å². The normalized spacial score (nSPS) is 10.8. The number of anilines is 1. The predicted molar refractivity (Wildman–Crippen MR) is 85.7 cm³/mol. The van der Waals surface area contributed by atoms with E-state index in [2.05, 4.69) is 20.6 Å². The Morgan fingerprint density at radius 1 is 1.23 bits per heavy atom. The van der Waals surface area contributed by atoms with E-state index in [4.69, 9.17) is 11.6 Å². The first-order valence-corrected chi connectivity index (χ1v) is 7.31. The van der Waals surface area contributed by atoms with Gasteiger partial charge in [-0.1, -0.05) is 23.7 Å². The van der Waals surface area contributed by atoms with Gasteiger partial charge in [0, 0.05) is 22.8 Å². The molecule has 0 saturated carbocycles. The minimum Gasteiger partial charge on any atom is -0.394 e. The summed E-state index contributed by atoms with van der Waals surface area (Å²) in [6.07, 6.45) is 1.71. The molecule has 0 bridgehead atoms. The lowest BCUT2D eigenvalue weighted by Crippen LogP contribution is -2.10. The van der Waals surface area contributed by atoms with E-state index in [9.17, 15) is 5.11 Å². The van der Waals surface area contributed by atoms with Gasteiger partial charge in [-0.25, -0.2) is 4.68 Å². The van der Waals surface area contributed by atoms with Crippen LogP contribution in [0.1, 0.15) is 5.69 Å². The fraction of sp³-hybridized carbons (Fsp3) is 0.200. The first kappa shape index (κ1) is 14.6. The summed E-state index contributed by atoms with van der Waals surface area (Å²) in [5.41, 5.74) is 2.78. The van der Waals surface area contributed by atoms with E-state index in [1.807, 2.05) is 36.4 Å². The molecule has 7 heteroatoms. The summed E-state index contributed by atoms with van der Waals surface area (Å²) in [6, 6.07) is 11.4. The van der Waals surface area contributed by atoms with Gasteiger partial charge < -0.3 is 10.4 Å². The van der Waals surface area contributed by atoms with Crippen LogP contribution in [0.4, 0.5) is 5.82 Å². The first-order chi connectivity index (χ1) is 10.8. The summed E-state index contributed by atoms with van der Waals surface area (Å²) in [7, 11) is 0. The Kier molecular flexibility index (Phi) is 4.41. The lowest BCUT2D eigenvalue weighted by atomic mass is 10.1. The van der Waals surface area contributed by atoms with Crippen LogP contribution in [0.25, 0.3) is 11.3 Å². The molecule has 2 heterocycles. The predicted octanol–water partition coefficient (Wildman–Crippen LogP) is 2.53. The molecule has 0 fully saturated rings. The molecule has 0 spiro atoms. The van der Waals surface area contributed by atoms with E-state index >= 15 is 0 Å². The number of halogens is 1. The molecule has 3 rings (SSSR count). The molecule has 114 valence electrons. The zero-order valence-corrected chi connectivity index (χ0v) is 12.6. The van der Waals surface area contributed by atoms with Gasteiger partial charge in [0.05, 0.1) is 31.1 Å². The molecule has 0 radical (unpaired) electrons. The van der Waals surface area contributed by atoms with Crippen LogP contribution in [-0.4, -0.2) is 31.7 Å². The number of rotatable bonds is 6. The monoisotopic (exact) mass is 317 g/mol. The maximum atomic E-state index is 9.19. The summed E-state index contributed by atoms with van der Waals surface area (Å²) in [6.45, 7) is 1.07. The van der Waals surface area contributed by atoms with Crippen LogP contribution in [0.5, 0.6) is 0 Å². The molecule has 22 heavy (non-hydrogen) atoms. The molecule has 3 N–H and O–H groups in total. The number of hydrogen-bond donors (Lipinski definition) is 3. The van der Waals surface area contributed by atoms with E-state index in [0.717, 1.165) is 22.8 Å². The van der Waals surface area contributed by atoms with Gasteiger partial charge in [0.25, 0.3) is 0 Å². The van der Waals surface area contributed by atoms with Crippen LogP contribution < -0.4 is 5.32 Å². The van der Waals surface area contributed by atoms with Crippen molar-refractivity contribution in [3.8, 4) is 11.3 Å². The molecule has 0 aliphatic heterocycles. The summed E-state index contributed by atoms with van der Waals surface area (Å²) >= 11 is 5.91. The second-order valence-electron chi connectivity index (χ2n) is 4.80. The van der Waals surface area contributed by atoms with Gasteiger partial charge in [-0.15, -0.1) is 0 Å². The van der Waals surface area contributed by atoms with Crippen LogP contribution in [-0.2, 0) is 13.1 Å². The van der Waals surface area contributed by atoms with Gasteiger partial charge in [0.1, 0.15) is 5.82 Å². The minimum atomic E-state index is 0.0282. The highest BCUT2D eigenvalue weighted by Crippen LogP contribution is 2.23. The lowest BCUT2D eigenvalue weighted by molar-refractivity contribution is 0.270. The van der Waals surface area contributed by atoms with Crippen molar-refractivity contribution in [2.75, 3.05) is 11.9 Å². The van der Waals surface area contributed by atoms with Gasteiger partial charge in [-0.3, -0.25) is 5.10 Å². The third kappa shape index (κ3) is 3.29. The summed E-state index contributed by atoms with van der Waals surface area (Å²) in [5, 5.41) is 24.5. The largest absolute Gasteiger partial charge is 0.394 e. The fourth-order valence-electron chi connectivity index (χ4n) is 2.15. The van der Waals surface area contributed by atoms with Crippen molar-refractivity contribution < 1.29 is 5.11 Å². The second-order valence-corrected chi connectivity index (χ2v) is 5.24. The van der Waals surface area contributed by atoms with Crippen molar-refractivity contribution >= 4 is 17.4 Å². The van der Waals surface area contributed by atoms with Crippen LogP contribution in [0, 0.1) is 0 Å². The number of benzene rings is 1. The maximum Gasteiger partial charge on any atom is 0.125 e. The Hall–Kier alpha value is -2.31. The zero-order chi connectivity index (χ0) is 15.4. The number of aromatic nitrogens is 4. The summed E-state index contributed by atoms with van der Waals surface area (Å²) in [5.74, 6) is 0.841. The number of hydrogen-bond acceptors (Lipinski definition) is 4. The Labute approximate surface area is 132 Å². The molecule has 2 aromatic heterocycles. The van der Waals surface area contributed by atoms with Gasteiger partial charge in [0.2, 0.25) is 0 Å². The van der Waals surface area contributed by atoms with Crippen molar-refractivity contribution in [2.24, 2.45) is 0 Å². The second kappa shape index (κ2) is 6.64. The van der Waals surface area contributed by atoms with Gasteiger partial charge in [-0.05, 0) is 18.2 Å². The van der Waals surface area contributed by atoms with Crippen molar-refractivity contribution in [1.82, 2.24) is 20.0 Å². The molecule has 0 unspecified atom stereocenters. The van der Waals surface area contributed by atoms with Gasteiger partial charge >= 0.3 is 0 Å². The molecule has 3 aromatic rings. The van der Waals surface area contributed by atoms with E-state index in [0.29, 0.717) is 18.1 Å². The standard InChI is InChI=1S/C15H16ClN5O/c16-12-3-1-11(2-4-12)14-9-15(21(20-14)7-8-22)17-10-13-5-6-18-19-13/h1-6,9,17,22H,7-8,10H2,(H,18,19). The van der Waals surface area contributed by atoms with E-state index in [-0.39, 0.29) is 6.61 Å². The number of nitrogens with one attached hydrogen (secondary N) is 2. The highest BCUT2D eigenvalue weighted by molar-refractivity contribution is 6.30. The Bertz CT molecular complexity index is 721. The van der Waals surface area contributed by atoms with Crippen molar-refractivity contribution in [3.05, 3.63) is 53.3 Å². The smallest absolute Gasteiger partial charge is 0.125 e. The van der Waals surface area contributed by atoms with Crippen LogP contribution in [0.3, 0.4) is 0 Å². The fourth-order valence-corrected chi connectivity index (χ4v) is 2.28. The molecule has 0 aliphatic rings. The Morgan fingerprint density at radius 3 is 2.73 bits per heavy atom. The van der Waals surface area contributed by atoms with Gasteiger partial charge in [-0.2, -0.15) is 10.2 Å². The topological polar surface area (TPSA) is 78.8 Å². The number of H-pyrrole nitrogens is 1. The number of aliphatic hydroxyl groups excluding tert-OH is 1. The maximum absolute atomic E-state index is 9.19. The molecular formula is C15H16ClN5O. The average Bonchev–Trinajstić information content (AvgIpc) is 3.16. The summed E-state index contributed by atoms with van der Waals surface area (Å²) < 4.78 is 1.75. The van der Waals surface area contributed by atoms with Crippen molar-refractivity contribution in [2.45, 2.75) is 13.1 Å². The minimum absolute atomic E-state index is 0.0282. The van der Waals surface area contributed by atoms with Crippen molar-refractivity contribution in [1.29, 1.82) is 0 Å². The quantitative estimate of drug-likeness (QED) is 0.653. The summed E-state index contributed by atoms with van der Waals surface area (Å²) in [4.78, 5) is 0. The van der Waals surface area contributed by atoms with Crippen molar-refractivity contribution in [3.63, 3.8) is 0 Å². The average molecular weight is 318 g/mol. The third-order valence-electron chi connectivity index (χ3n) is 3.25. The van der Waals surface area contributed by atoms with E-state index in [1.54, 1.807) is 10.9 Å². The van der Waals surface area contributed by atoms with Crippen LogP contribution in [0.15, 0.2) is 42.6 Å². The lowest BCUT2D eigenvalue weighted by Gasteiger charge is -2.07. The molecule has 0 aliphatic carbocycles. The molecule has 0 amide bonds. The molecular weight excluding hydrogens is 302 g/mol. The Morgan fingerprint density at radius 2 is 2.05 bits per heavy atom. The van der Waals surface area contributed by atoms with E-state index in [1.165, 1.54) is 0 Å². The first-order valence-electron chi connectivity index (χ1n) is 6.93. The molecule has 1 aromatic carbocycles. The SMILES string of the molecule is OCCn1nc(-c2ccc(Cl)cc2)cc1NCc1ccn[nH]1. The number of aromatic amines is 1. The number of nitrogens with zero attached hydrogens (tertiary/aromatic N) is 3. The van der Waals surface area contributed by atoms with Gasteiger partial charge in [0.15, 0.2) is 0 Å². The molecule has 0 saturated heterocycles. The highest BCUT2D eigenvalue weighted by Gasteiger charge is 2.09. The zero-order valence-electron chi connectivity index (χ0n) is 11.8. The molecule has 0 atom stereocenters. The number of aliphatic hydroxyl groups is 1. The highest BCUT2D eigenvalue weighted by atomic mass is 35.5. The van der Waals surface area contributed by atoms with E-state index < -0.39 is 0 Å². The Balaban J connectivity index is 1.83. The molecule has 6 nitrogen and oxygen atoms in total. The van der Waals surface area contributed by atoms with Crippen LogP contribution in [0.2, 0.25) is 5.02 Å².